The van der Waals surface area contributed by atoms with E-state index in [1.54, 1.807) is 12.1 Å². The van der Waals surface area contributed by atoms with Gasteiger partial charge >= 0.3 is 0 Å². The Hall–Kier alpha value is -2.76. The molecule has 0 amide bonds. The van der Waals surface area contributed by atoms with Crippen LogP contribution in [0.3, 0.4) is 0 Å². The van der Waals surface area contributed by atoms with E-state index in [2.05, 4.69) is 18.8 Å². The molecule has 3 rings (SSSR count). The van der Waals surface area contributed by atoms with Crippen molar-refractivity contribution in [1.29, 1.82) is 0 Å². The number of aliphatic hydroxyl groups is 1. The summed E-state index contributed by atoms with van der Waals surface area (Å²) < 4.78 is 11.9. The molecule has 3 aromatic rings. The number of rotatable bonds is 8. The van der Waals surface area contributed by atoms with Crippen molar-refractivity contribution in [2.24, 2.45) is 0 Å². The maximum absolute atomic E-state index is 10.2. The first-order valence-electron chi connectivity index (χ1n) is 10.6. The second-order valence-corrected chi connectivity index (χ2v) is 9.23. The molecule has 0 aliphatic rings. The van der Waals surface area contributed by atoms with Gasteiger partial charge in [-0.2, -0.15) is 0 Å². The van der Waals surface area contributed by atoms with Gasteiger partial charge in [0.2, 0.25) is 5.89 Å². The van der Waals surface area contributed by atoms with Gasteiger partial charge < -0.3 is 19.4 Å². The molecule has 5 nitrogen and oxygen atoms in total. The lowest BCUT2D eigenvalue weighted by molar-refractivity contribution is 0.0407. The largest absolute Gasteiger partial charge is 0.507 e. The van der Waals surface area contributed by atoms with Gasteiger partial charge in [0, 0.05) is 17.4 Å². The minimum atomic E-state index is -0.626. The van der Waals surface area contributed by atoms with E-state index in [1.165, 1.54) is 6.07 Å². The van der Waals surface area contributed by atoms with Crippen LogP contribution in [-0.4, -0.2) is 27.4 Å². The Bertz CT molecular complexity index is 1120. The summed E-state index contributed by atoms with van der Waals surface area (Å²) in [4.78, 5) is 4.64. The molecule has 0 aliphatic heterocycles. The van der Waals surface area contributed by atoms with Crippen molar-refractivity contribution in [3.8, 4) is 23.0 Å². The van der Waals surface area contributed by atoms with Crippen LogP contribution >= 0.6 is 11.6 Å². The standard InChI is InChI=1S/C26H30ClNO4/c1-16(2)24-21(28-25(31-24)20-11-10-19(27)14-22(20)30)8-6-7-18-9-12-23(17(3)13-18)32-26(4,5)15-29/h6-7,9-14,16,29-30H,8,15H2,1-5H3. The van der Waals surface area contributed by atoms with Crippen LogP contribution < -0.4 is 4.74 Å². The van der Waals surface area contributed by atoms with E-state index < -0.39 is 5.60 Å². The average Bonchev–Trinajstić information content (AvgIpc) is 3.14. The number of phenols is 1. The Morgan fingerprint density at radius 2 is 1.94 bits per heavy atom. The van der Waals surface area contributed by atoms with Gasteiger partial charge in [-0.05, 0) is 62.2 Å². The van der Waals surface area contributed by atoms with E-state index in [4.69, 9.17) is 20.8 Å². The summed E-state index contributed by atoms with van der Waals surface area (Å²) in [5.41, 5.74) is 2.77. The number of hydrogen-bond donors (Lipinski definition) is 2. The summed E-state index contributed by atoms with van der Waals surface area (Å²) in [6.07, 6.45) is 4.68. The lowest BCUT2D eigenvalue weighted by Crippen LogP contribution is -2.32. The number of ether oxygens (including phenoxy) is 1. The van der Waals surface area contributed by atoms with Crippen molar-refractivity contribution in [1.82, 2.24) is 4.98 Å². The second-order valence-electron chi connectivity index (χ2n) is 8.80. The second kappa shape index (κ2) is 9.80. The van der Waals surface area contributed by atoms with Gasteiger partial charge in [-0.25, -0.2) is 4.98 Å². The number of allylic oxidation sites excluding steroid dienone is 1. The molecule has 0 fully saturated rings. The number of hydrogen-bond acceptors (Lipinski definition) is 5. The fourth-order valence-electron chi connectivity index (χ4n) is 3.29. The number of aromatic nitrogens is 1. The van der Waals surface area contributed by atoms with Crippen LogP contribution in [0.5, 0.6) is 11.5 Å². The summed E-state index contributed by atoms with van der Waals surface area (Å²) in [5.74, 6) is 2.13. The molecule has 0 atom stereocenters. The van der Waals surface area contributed by atoms with Crippen LogP contribution in [0.25, 0.3) is 17.5 Å². The predicted octanol–water partition coefficient (Wildman–Crippen LogP) is 6.54. The summed E-state index contributed by atoms with van der Waals surface area (Å²) >= 11 is 5.94. The number of aliphatic hydroxyl groups excluding tert-OH is 1. The van der Waals surface area contributed by atoms with Crippen LogP contribution in [-0.2, 0) is 6.42 Å². The van der Waals surface area contributed by atoms with Crippen molar-refractivity contribution >= 4 is 17.7 Å². The maximum atomic E-state index is 10.2. The zero-order chi connectivity index (χ0) is 23.5. The van der Waals surface area contributed by atoms with Gasteiger partial charge in [0.1, 0.15) is 22.9 Å². The average molecular weight is 456 g/mol. The SMILES string of the molecule is Cc1cc(C=CCc2nc(-c3ccc(Cl)cc3O)oc2C(C)C)ccc1OC(C)(C)CO. The highest BCUT2D eigenvalue weighted by Crippen LogP contribution is 2.34. The minimum absolute atomic E-state index is 0.0401. The quantitative estimate of drug-likeness (QED) is 0.403. The van der Waals surface area contributed by atoms with Crippen molar-refractivity contribution < 1.29 is 19.4 Å². The molecule has 0 saturated carbocycles. The van der Waals surface area contributed by atoms with Crippen LogP contribution in [0, 0.1) is 6.92 Å². The molecular weight excluding hydrogens is 426 g/mol. The molecule has 170 valence electrons. The van der Waals surface area contributed by atoms with Gasteiger partial charge in [0.25, 0.3) is 0 Å². The molecule has 6 heteroatoms. The highest BCUT2D eigenvalue weighted by Gasteiger charge is 2.20. The zero-order valence-corrected chi connectivity index (χ0v) is 19.9. The first-order valence-corrected chi connectivity index (χ1v) is 11.0. The van der Waals surface area contributed by atoms with E-state index >= 15 is 0 Å². The Morgan fingerprint density at radius 3 is 2.56 bits per heavy atom. The number of oxazole rings is 1. The lowest BCUT2D eigenvalue weighted by Gasteiger charge is -2.25. The van der Waals surface area contributed by atoms with E-state index in [9.17, 15) is 10.2 Å². The van der Waals surface area contributed by atoms with Gasteiger partial charge in [0.05, 0.1) is 17.9 Å². The molecule has 0 bridgehead atoms. The molecule has 1 heterocycles. The molecule has 0 aliphatic carbocycles. The Kier molecular flexibility index (Phi) is 7.32. The number of nitrogens with zero attached hydrogens (tertiary/aromatic N) is 1. The molecule has 0 saturated heterocycles. The Morgan fingerprint density at radius 1 is 1.19 bits per heavy atom. The molecule has 2 N–H and O–H groups in total. The minimum Gasteiger partial charge on any atom is -0.507 e. The highest BCUT2D eigenvalue weighted by molar-refractivity contribution is 6.30. The summed E-state index contributed by atoms with van der Waals surface area (Å²) in [5, 5.41) is 20.1. The molecule has 1 aromatic heterocycles. The molecule has 0 radical (unpaired) electrons. The zero-order valence-electron chi connectivity index (χ0n) is 19.1. The molecule has 0 spiro atoms. The van der Waals surface area contributed by atoms with Gasteiger partial charge in [-0.15, -0.1) is 0 Å². The van der Waals surface area contributed by atoms with Crippen molar-refractivity contribution in [2.75, 3.05) is 6.61 Å². The normalized spacial score (nSPS) is 12.1. The molecule has 0 unspecified atom stereocenters. The number of aryl methyl sites for hydroxylation is 1. The summed E-state index contributed by atoms with van der Waals surface area (Å²) in [6, 6.07) is 10.8. The van der Waals surface area contributed by atoms with E-state index in [1.807, 2.05) is 51.1 Å². The van der Waals surface area contributed by atoms with E-state index in [-0.39, 0.29) is 18.3 Å². The van der Waals surface area contributed by atoms with Crippen molar-refractivity contribution in [3.05, 3.63) is 70.1 Å². The van der Waals surface area contributed by atoms with Gasteiger partial charge in [-0.1, -0.05) is 43.7 Å². The topological polar surface area (TPSA) is 75.7 Å². The molecule has 32 heavy (non-hydrogen) atoms. The van der Waals surface area contributed by atoms with Crippen LogP contribution in [0.4, 0.5) is 0 Å². The van der Waals surface area contributed by atoms with Crippen LogP contribution in [0.2, 0.25) is 5.02 Å². The maximum Gasteiger partial charge on any atom is 0.230 e. The van der Waals surface area contributed by atoms with E-state index in [0.29, 0.717) is 22.9 Å². The molecule has 2 aromatic carbocycles. The Labute approximate surface area is 194 Å². The smallest absolute Gasteiger partial charge is 0.230 e. The Balaban J connectivity index is 1.79. The first-order chi connectivity index (χ1) is 15.1. The van der Waals surface area contributed by atoms with Crippen LogP contribution in [0.15, 0.2) is 46.9 Å². The molecular formula is C26H30ClNO4. The predicted molar refractivity (Wildman–Crippen MR) is 128 cm³/mol. The fourth-order valence-corrected chi connectivity index (χ4v) is 3.46. The van der Waals surface area contributed by atoms with Gasteiger partial charge in [-0.3, -0.25) is 0 Å². The highest BCUT2D eigenvalue weighted by atomic mass is 35.5. The first kappa shape index (κ1) is 23.9. The van der Waals surface area contributed by atoms with Gasteiger partial charge in [0.15, 0.2) is 0 Å². The third-order valence-electron chi connectivity index (χ3n) is 5.03. The third kappa shape index (κ3) is 5.72. The monoisotopic (exact) mass is 455 g/mol. The third-order valence-corrected chi connectivity index (χ3v) is 5.26. The van der Waals surface area contributed by atoms with Crippen LogP contribution in [0.1, 0.15) is 56.2 Å². The van der Waals surface area contributed by atoms with E-state index in [0.717, 1.165) is 28.3 Å². The lowest BCUT2D eigenvalue weighted by atomic mass is 10.1. The number of benzene rings is 2. The number of halogens is 1. The fraction of sp³-hybridized carbons (Fsp3) is 0.346. The summed E-state index contributed by atoms with van der Waals surface area (Å²) in [7, 11) is 0. The van der Waals surface area contributed by atoms with Crippen molar-refractivity contribution in [3.63, 3.8) is 0 Å². The number of phenolic OH excluding ortho intramolecular Hbond substituents is 1. The number of aromatic hydroxyl groups is 1. The summed E-state index contributed by atoms with van der Waals surface area (Å²) in [6.45, 7) is 9.73. The van der Waals surface area contributed by atoms with Crippen molar-refractivity contribution in [2.45, 2.75) is 52.6 Å².